The lowest BCUT2D eigenvalue weighted by Crippen LogP contribution is -2.18. The molecule has 2 unspecified atom stereocenters. The highest BCUT2D eigenvalue weighted by molar-refractivity contribution is 7.99. The highest BCUT2D eigenvalue weighted by Gasteiger charge is 2.26. The Morgan fingerprint density at radius 2 is 1.54 bits per heavy atom. The first kappa shape index (κ1) is 11.0. The summed E-state index contributed by atoms with van der Waals surface area (Å²) in [4.78, 5) is 7.95. The summed E-state index contributed by atoms with van der Waals surface area (Å²) in [6.07, 6.45) is 0. The molecule has 0 saturated carbocycles. The van der Waals surface area contributed by atoms with E-state index in [9.17, 15) is 0 Å². The highest BCUT2D eigenvalue weighted by atomic mass is 32.2. The normalized spacial score (nSPS) is 26.2. The van der Waals surface area contributed by atoms with E-state index in [1.165, 1.54) is 0 Å². The zero-order valence-corrected chi connectivity index (χ0v) is 9.55. The Bertz CT molecular complexity index is 228. The number of isothiocyanates is 2. The summed E-state index contributed by atoms with van der Waals surface area (Å²) in [5.74, 6) is 3.48. The first-order valence-electron chi connectivity index (χ1n) is 4.03. The summed E-state index contributed by atoms with van der Waals surface area (Å²) in [6, 6.07) is 0. The average molecular weight is 230 g/mol. The molecule has 2 nitrogen and oxygen atoms in total. The van der Waals surface area contributed by atoms with E-state index in [-0.39, 0.29) is 0 Å². The molecule has 1 aliphatic rings. The predicted octanol–water partition coefficient (Wildman–Crippen LogP) is 2.17. The van der Waals surface area contributed by atoms with Crippen LogP contribution < -0.4 is 0 Å². The molecule has 1 aliphatic heterocycles. The molecule has 5 heteroatoms. The molecule has 0 aromatic rings. The van der Waals surface area contributed by atoms with E-state index in [4.69, 9.17) is 0 Å². The first-order valence-corrected chi connectivity index (χ1v) is 6.00. The predicted molar refractivity (Wildman–Crippen MR) is 64.1 cm³/mol. The molecule has 0 N–H and O–H groups in total. The van der Waals surface area contributed by atoms with Crippen LogP contribution in [0, 0.1) is 11.8 Å². The maximum atomic E-state index is 4.54. The Kier molecular flexibility index (Phi) is 5.44. The van der Waals surface area contributed by atoms with Crippen molar-refractivity contribution in [3.05, 3.63) is 0 Å². The van der Waals surface area contributed by atoms with Crippen LogP contribution in [0.25, 0.3) is 0 Å². The van der Waals surface area contributed by atoms with E-state index in [1.807, 2.05) is 11.8 Å². The van der Waals surface area contributed by atoms with Crippen LogP contribution in [-0.4, -0.2) is 34.9 Å². The van der Waals surface area contributed by atoms with Gasteiger partial charge in [-0.2, -0.15) is 11.8 Å². The Hall–Kier alpha value is -0.0500. The largest absolute Gasteiger partial charge is 0.232 e. The van der Waals surface area contributed by atoms with Crippen molar-refractivity contribution in [1.82, 2.24) is 0 Å². The van der Waals surface area contributed by atoms with Crippen molar-refractivity contribution < 1.29 is 0 Å². The van der Waals surface area contributed by atoms with Gasteiger partial charge in [-0.15, -0.1) is 0 Å². The zero-order valence-electron chi connectivity index (χ0n) is 7.10. The fourth-order valence-corrected chi connectivity index (χ4v) is 3.00. The van der Waals surface area contributed by atoms with E-state index in [1.54, 1.807) is 0 Å². The molecule has 1 fully saturated rings. The number of nitrogens with zero attached hydrogens (tertiary/aromatic N) is 2. The number of thiocarbonyl (C=S) groups is 2. The van der Waals surface area contributed by atoms with Crippen LogP contribution in [0.15, 0.2) is 9.98 Å². The Morgan fingerprint density at radius 3 is 1.92 bits per heavy atom. The second-order valence-electron chi connectivity index (χ2n) is 2.92. The quantitative estimate of drug-likeness (QED) is 0.546. The van der Waals surface area contributed by atoms with Crippen molar-refractivity contribution in [3.8, 4) is 0 Å². The topological polar surface area (TPSA) is 24.7 Å². The van der Waals surface area contributed by atoms with Gasteiger partial charge in [-0.3, -0.25) is 0 Å². The highest BCUT2D eigenvalue weighted by Crippen LogP contribution is 2.30. The lowest BCUT2D eigenvalue weighted by Gasteiger charge is -2.12. The van der Waals surface area contributed by atoms with Gasteiger partial charge in [-0.1, -0.05) is 0 Å². The van der Waals surface area contributed by atoms with E-state index < -0.39 is 0 Å². The van der Waals surface area contributed by atoms with Crippen molar-refractivity contribution >= 4 is 46.5 Å². The van der Waals surface area contributed by atoms with Gasteiger partial charge < -0.3 is 0 Å². The van der Waals surface area contributed by atoms with Gasteiger partial charge in [0.15, 0.2) is 0 Å². The SMILES string of the molecule is S=C=NCC1CSCC1CN=C=S. The molecule has 0 bridgehead atoms. The Balaban J connectivity index is 2.42. The third-order valence-corrected chi connectivity index (χ3v) is 3.70. The molecular weight excluding hydrogens is 220 g/mol. The summed E-state index contributed by atoms with van der Waals surface area (Å²) < 4.78 is 0. The molecule has 0 aromatic carbocycles. The second kappa shape index (κ2) is 6.41. The molecule has 70 valence electrons. The summed E-state index contributed by atoms with van der Waals surface area (Å²) >= 11 is 11.0. The fourth-order valence-electron chi connectivity index (χ4n) is 1.36. The van der Waals surface area contributed by atoms with E-state index in [0.29, 0.717) is 11.8 Å². The third kappa shape index (κ3) is 3.67. The van der Waals surface area contributed by atoms with Crippen molar-refractivity contribution in [2.45, 2.75) is 0 Å². The Labute approximate surface area is 92.9 Å². The lowest BCUT2D eigenvalue weighted by atomic mass is 9.96. The van der Waals surface area contributed by atoms with E-state index in [2.05, 4.69) is 44.7 Å². The smallest absolute Gasteiger partial charge is 0.0585 e. The van der Waals surface area contributed by atoms with Crippen molar-refractivity contribution in [1.29, 1.82) is 0 Å². The standard InChI is InChI=1S/C8H10N2S3/c11-5-9-1-7-3-13-4-8(7)2-10-6-12/h7-8H,1-4H2. The molecule has 0 aromatic heterocycles. The van der Waals surface area contributed by atoms with Crippen molar-refractivity contribution in [2.24, 2.45) is 21.8 Å². The molecule has 1 heterocycles. The molecule has 0 radical (unpaired) electrons. The molecule has 13 heavy (non-hydrogen) atoms. The molecule has 0 amide bonds. The lowest BCUT2D eigenvalue weighted by molar-refractivity contribution is 0.440. The summed E-state index contributed by atoms with van der Waals surface area (Å²) in [7, 11) is 0. The van der Waals surface area contributed by atoms with E-state index >= 15 is 0 Å². The maximum Gasteiger partial charge on any atom is 0.0585 e. The van der Waals surface area contributed by atoms with Gasteiger partial charge in [0, 0.05) is 0 Å². The summed E-state index contributed by atoms with van der Waals surface area (Å²) in [5, 5.41) is 4.81. The van der Waals surface area contributed by atoms with Crippen LogP contribution in [0.3, 0.4) is 0 Å². The van der Waals surface area contributed by atoms with Gasteiger partial charge in [0.05, 0.1) is 23.4 Å². The molecule has 0 aliphatic carbocycles. The number of rotatable bonds is 4. The van der Waals surface area contributed by atoms with Crippen LogP contribution in [0.2, 0.25) is 0 Å². The molecule has 1 saturated heterocycles. The first-order chi connectivity index (χ1) is 6.38. The second-order valence-corrected chi connectivity index (χ2v) is 4.36. The number of hydrogen-bond acceptors (Lipinski definition) is 5. The number of aliphatic imine (C=N–C) groups is 2. The zero-order chi connectivity index (χ0) is 9.52. The van der Waals surface area contributed by atoms with Crippen molar-refractivity contribution in [2.75, 3.05) is 24.6 Å². The third-order valence-electron chi connectivity index (χ3n) is 2.11. The van der Waals surface area contributed by atoms with Gasteiger partial charge in [0.1, 0.15) is 0 Å². The van der Waals surface area contributed by atoms with Crippen LogP contribution >= 0.6 is 36.2 Å². The van der Waals surface area contributed by atoms with Gasteiger partial charge in [0.25, 0.3) is 0 Å². The fraction of sp³-hybridized carbons (Fsp3) is 0.750. The van der Waals surface area contributed by atoms with Gasteiger partial charge >= 0.3 is 0 Å². The minimum Gasteiger partial charge on any atom is -0.232 e. The van der Waals surface area contributed by atoms with Crippen LogP contribution in [0.5, 0.6) is 0 Å². The van der Waals surface area contributed by atoms with Crippen LogP contribution in [-0.2, 0) is 0 Å². The van der Waals surface area contributed by atoms with Crippen molar-refractivity contribution in [3.63, 3.8) is 0 Å². The Morgan fingerprint density at radius 1 is 1.08 bits per heavy atom. The van der Waals surface area contributed by atoms with Gasteiger partial charge in [0.2, 0.25) is 0 Å². The molecule has 2 atom stereocenters. The number of hydrogen-bond donors (Lipinski definition) is 0. The maximum absolute atomic E-state index is 4.54. The van der Waals surface area contributed by atoms with E-state index in [0.717, 1.165) is 24.6 Å². The minimum atomic E-state index is 0.590. The molecule has 1 rings (SSSR count). The van der Waals surface area contributed by atoms with Gasteiger partial charge in [-0.25, -0.2) is 9.98 Å². The monoisotopic (exact) mass is 230 g/mol. The molecular formula is C8H10N2S3. The summed E-state index contributed by atoms with van der Waals surface area (Å²) in [6.45, 7) is 1.57. The number of thioether (sulfide) groups is 1. The van der Waals surface area contributed by atoms with Gasteiger partial charge in [-0.05, 0) is 47.8 Å². The average Bonchev–Trinajstić information content (AvgIpc) is 2.59. The minimum absolute atomic E-state index is 0.590. The van der Waals surface area contributed by atoms with Crippen LogP contribution in [0.4, 0.5) is 0 Å². The van der Waals surface area contributed by atoms with Crippen LogP contribution in [0.1, 0.15) is 0 Å². The summed E-state index contributed by atoms with van der Waals surface area (Å²) in [5.41, 5.74) is 0. The molecule has 0 spiro atoms.